The molecule has 1 heterocycles. The predicted molar refractivity (Wildman–Crippen MR) is 97.6 cm³/mol. The number of ether oxygens (including phenoxy) is 1. The lowest BCUT2D eigenvalue weighted by atomic mass is 10.1. The minimum absolute atomic E-state index is 0.229. The molecular formula is C20H18FN3O2. The number of aromatic amines is 1. The molecule has 3 aromatic rings. The van der Waals surface area contributed by atoms with Crippen LogP contribution in [0.5, 0.6) is 0 Å². The van der Waals surface area contributed by atoms with Gasteiger partial charge in [-0.25, -0.2) is 9.18 Å². The lowest BCUT2D eigenvalue weighted by Crippen LogP contribution is -2.24. The summed E-state index contributed by atoms with van der Waals surface area (Å²) in [4.78, 5) is 11.7. The smallest absolute Gasteiger partial charge is 0.407 e. The van der Waals surface area contributed by atoms with E-state index in [-0.39, 0.29) is 12.4 Å². The fraction of sp³-hybridized carbons (Fsp3) is 0.100. The van der Waals surface area contributed by atoms with Gasteiger partial charge in [-0.2, -0.15) is 5.10 Å². The summed E-state index contributed by atoms with van der Waals surface area (Å²) in [5.41, 5.74) is 3.39. The molecule has 0 spiro atoms. The third-order valence-corrected chi connectivity index (χ3v) is 3.68. The first-order chi connectivity index (χ1) is 12.7. The zero-order chi connectivity index (χ0) is 18.2. The Hall–Kier alpha value is -3.41. The SMILES string of the molecule is O=C(NCC=Cc1cn[nH]c1-c1ccc(F)cc1)OCc1ccccc1. The van der Waals surface area contributed by atoms with Gasteiger partial charge in [-0.3, -0.25) is 5.10 Å². The van der Waals surface area contributed by atoms with Gasteiger partial charge in [0.2, 0.25) is 0 Å². The summed E-state index contributed by atoms with van der Waals surface area (Å²) >= 11 is 0. The van der Waals surface area contributed by atoms with E-state index in [4.69, 9.17) is 4.74 Å². The van der Waals surface area contributed by atoms with Crippen LogP contribution in [-0.2, 0) is 11.3 Å². The minimum Gasteiger partial charge on any atom is -0.445 e. The van der Waals surface area contributed by atoms with Crippen LogP contribution in [0.3, 0.4) is 0 Å². The molecule has 6 heteroatoms. The van der Waals surface area contributed by atoms with Crippen LogP contribution in [0.2, 0.25) is 0 Å². The van der Waals surface area contributed by atoms with E-state index in [1.165, 1.54) is 12.1 Å². The van der Waals surface area contributed by atoms with Gasteiger partial charge >= 0.3 is 6.09 Å². The van der Waals surface area contributed by atoms with E-state index in [0.717, 1.165) is 22.4 Å². The van der Waals surface area contributed by atoms with Gasteiger partial charge in [-0.15, -0.1) is 0 Å². The molecule has 0 fully saturated rings. The summed E-state index contributed by atoms with van der Waals surface area (Å²) in [5.74, 6) is -0.288. The van der Waals surface area contributed by atoms with Crippen LogP contribution in [0.1, 0.15) is 11.1 Å². The Morgan fingerprint density at radius 2 is 1.92 bits per heavy atom. The Morgan fingerprint density at radius 3 is 2.69 bits per heavy atom. The van der Waals surface area contributed by atoms with Gasteiger partial charge in [-0.1, -0.05) is 42.5 Å². The highest BCUT2D eigenvalue weighted by Crippen LogP contribution is 2.22. The highest BCUT2D eigenvalue weighted by molar-refractivity contribution is 5.72. The first-order valence-corrected chi connectivity index (χ1v) is 8.13. The molecule has 3 rings (SSSR count). The van der Waals surface area contributed by atoms with Gasteiger partial charge < -0.3 is 10.1 Å². The largest absolute Gasteiger partial charge is 0.445 e. The van der Waals surface area contributed by atoms with Crippen molar-refractivity contribution in [2.24, 2.45) is 0 Å². The van der Waals surface area contributed by atoms with E-state index >= 15 is 0 Å². The topological polar surface area (TPSA) is 67.0 Å². The normalized spacial score (nSPS) is 10.8. The Labute approximate surface area is 150 Å². The van der Waals surface area contributed by atoms with Crippen LogP contribution in [0, 0.1) is 5.82 Å². The van der Waals surface area contributed by atoms with E-state index in [9.17, 15) is 9.18 Å². The Morgan fingerprint density at radius 1 is 1.15 bits per heavy atom. The lowest BCUT2D eigenvalue weighted by Gasteiger charge is -2.05. The first-order valence-electron chi connectivity index (χ1n) is 8.13. The van der Waals surface area contributed by atoms with Gasteiger partial charge in [0.15, 0.2) is 0 Å². The molecule has 5 nitrogen and oxygen atoms in total. The maximum Gasteiger partial charge on any atom is 0.407 e. The molecule has 0 saturated carbocycles. The number of aromatic nitrogens is 2. The fourth-order valence-electron chi connectivity index (χ4n) is 2.37. The van der Waals surface area contributed by atoms with Gasteiger partial charge in [0.05, 0.1) is 11.9 Å². The number of halogens is 1. The molecule has 1 amide bonds. The molecule has 0 atom stereocenters. The van der Waals surface area contributed by atoms with Crippen LogP contribution in [-0.4, -0.2) is 22.8 Å². The number of carbonyl (C=O) groups is 1. The molecule has 0 aliphatic rings. The molecule has 26 heavy (non-hydrogen) atoms. The molecule has 0 saturated heterocycles. The summed E-state index contributed by atoms with van der Waals surface area (Å²) in [6.07, 6.45) is 4.81. The van der Waals surface area contributed by atoms with Crippen molar-refractivity contribution in [2.75, 3.05) is 6.54 Å². The number of H-pyrrole nitrogens is 1. The number of carbonyl (C=O) groups excluding carboxylic acids is 1. The van der Waals surface area contributed by atoms with Crippen molar-refractivity contribution in [3.8, 4) is 11.3 Å². The highest BCUT2D eigenvalue weighted by Gasteiger charge is 2.05. The third kappa shape index (κ3) is 4.80. The Bertz CT molecular complexity index is 874. The second kappa shape index (κ2) is 8.62. The van der Waals surface area contributed by atoms with Crippen molar-refractivity contribution in [2.45, 2.75) is 6.61 Å². The van der Waals surface area contributed by atoms with Crippen molar-refractivity contribution in [3.05, 3.63) is 83.8 Å². The van der Waals surface area contributed by atoms with Gasteiger partial charge in [0, 0.05) is 17.7 Å². The number of rotatable bonds is 6. The second-order valence-electron chi connectivity index (χ2n) is 5.55. The van der Waals surface area contributed by atoms with Crippen LogP contribution in [0.25, 0.3) is 17.3 Å². The molecule has 1 aromatic heterocycles. The molecule has 2 N–H and O–H groups in total. The molecule has 0 bridgehead atoms. The lowest BCUT2D eigenvalue weighted by molar-refractivity contribution is 0.141. The van der Waals surface area contributed by atoms with Crippen molar-refractivity contribution in [3.63, 3.8) is 0 Å². The fourth-order valence-corrected chi connectivity index (χ4v) is 2.37. The summed E-state index contributed by atoms with van der Waals surface area (Å²) in [6.45, 7) is 0.550. The van der Waals surface area contributed by atoms with Crippen molar-refractivity contribution >= 4 is 12.2 Å². The maximum absolute atomic E-state index is 13.0. The first kappa shape index (κ1) is 17.4. The molecule has 0 radical (unpaired) electrons. The maximum atomic E-state index is 13.0. The summed E-state index contributed by atoms with van der Waals surface area (Å²) in [5, 5.41) is 9.56. The number of alkyl carbamates (subject to hydrolysis) is 1. The molecule has 132 valence electrons. The summed E-state index contributed by atoms with van der Waals surface area (Å²) in [7, 11) is 0. The van der Waals surface area contributed by atoms with E-state index in [2.05, 4.69) is 15.5 Å². The van der Waals surface area contributed by atoms with Crippen molar-refractivity contribution in [1.82, 2.24) is 15.5 Å². The zero-order valence-corrected chi connectivity index (χ0v) is 14.0. The predicted octanol–water partition coefficient (Wildman–Crippen LogP) is 4.16. The summed E-state index contributed by atoms with van der Waals surface area (Å²) in [6, 6.07) is 15.6. The average Bonchev–Trinajstić information content (AvgIpc) is 3.13. The molecule has 0 unspecified atom stereocenters. The summed E-state index contributed by atoms with van der Waals surface area (Å²) < 4.78 is 18.2. The van der Waals surface area contributed by atoms with Gasteiger partial charge in [-0.05, 0) is 29.8 Å². The minimum atomic E-state index is -0.482. The van der Waals surface area contributed by atoms with Gasteiger partial charge in [0.25, 0.3) is 0 Å². The monoisotopic (exact) mass is 351 g/mol. The van der Waals surface area contributed by atoms with E-state index < -0.39 is 6.09 Å². The number of hydrogen-bond donors (Lipinski definition) is 2. The van der Waals surface area contributed by atoms with Crippen LogP contribution >= 0.6 is 0 Å². The van der Waals surface area contributed by atoms with E-state index in [1.54, 1.807) is 24.4 Å². The number of benzene rings is 2. The van der Waals surface area contributed by atoms with Crippen LogP contribution < -0.4 is 5.32 Å². The average molecular weight is 351 g/mol. The van der Waals surface area contributed by atoms with E-state index in [1.807, 2.05) is 36.4 Å². The molecule has 2 aromatic carbocycles. The standard InChI is InChI=1S/C20H18FN3O2/c21-18-10-8-16(9-11-18)19-17(13-23-24-19)7-4-12-22-20(25)26-14-15-5-2-1-3-6-15/h1-11,13H,12,14H2,(H,22,25)(H,23,24). The quantitative estimate of drug-likeness (QED) is 0.701. The zero-order valence-electron chi connectivity index (χ0n) is 14.0. The van der Waals surface area contributed by atoms with Crippen molar-refractivity contribution < 1.29 is 13.9 Å². The second-order valence-corrected chi connectivity index (χ2v) is 5.55. The highest BCUT2D eigenvalue weighted by atomic mass is 19.1. The molecular weight excluding hydrogens is 333 g/mol. The molecule has 0 aliphatic heterocycles. The number of amides is 1. The Kier molecular flexibility index (Phi) is 5.77. The Balaban J connectivity index is 1.49. The number of nitrogens with one attached hydrogen (secondary N) is 2. The van der Waals surface area contributed by atoms with Gasteiger partial charge in [0.1, 0.15) is 12.4 Å². The molecule has 0 aliphatic carbocycles. The van der Waals surface area contributed by atoms with Crippen LogP contribution in [0.15, 0.2) is 66.9 Å². The van der Waals surface area contributed by atoms with Crippen LogP contribution in [0.4, 0.5) is 9.18 Å². The van der Waals surface area contributed by atoms with E-state index in [0.29, 0.717) is 6.54 Å². The third-order valence-electron chi connectivity index (χ3n) is 3.68. The number of nitrogens with zero attached hydrogens (tertiary/aromatic N) is 1. The van der Waals surface area contributed by atoms with Crippen molar-refractivity contribution in [1.29, 1.82) is 0 Å². The number of hydrogen-bond acceptors (Lipinski definition) is 3.